The Bertz CT molecular complexity index is 930. The van der Waals surface area contributed by atoms with Gasteiger partial charge in [0.05, 0.1) is 12.1 Å². The quantitative estimate of drug-likeness (QED) is 0.297. The summed E-state index contributed by atoms with van der Waals surface area (Å²) in [4.78, 5) is 65.0. The number of hydrogen-bond donors (Lipinski definition) is 3. The summed E-state index contributed by atoms with van der Waals surface area (Å²) >= 11 is 12.8. The van der Waals surface area contributed by atoms with E-state index in [2.05, 4.69) is 10.6 Å². The number of carbonyl (C=O) groups is 5. The number of halogens is 2. The lowest BCUT2D eigenvalue weighted by Gasteiger charge is -2.37. The van der Waals surface area contributed by atoms with Gasteiger partial charge in [-0.15, -0.1) is 23.2 Å². The van der Waals surface area contributed by atoms with E-state index >= 15 is 0 Å². The molecule has 1 saturated heterocycles. The number of carbonyl (C=O) groups excluding carboxylic acids is 5. The number of rotatable bonds is 9. The maximum atomic E-state index is 13.7. The summed E-state index contributed by atoms with van der Waals surface area (Å²) in [5.41, 5.74) is 4.51. The first-order chi connectivity index (χ1) is 16.6. The van der Waals surface area contributed by atoms with Crippen molar-refractivity contribution in [3.05, 3.63) is 0 Å². The normalized spacial score (nSPS) is 26.3. The van der Waals surface area contributed by atoms with Crippen LogP contribution in [0, 0.1) is 23.2 Å². The van der Waals surface area contributed by atoms with Crippen LogP contribution >= 0.6 is 23.2 Å². The van der Waals surface area contributed by atoms with Gasteiger partial charge in [0.1, 0.15) is 16.4 Å². The van der Waals surface area contributed by atoms with Crippen LogP contribution in [0.15, 0.2) is 0 Å². The highest BCUT2D eigenvalue weighted by atomic mass is 35.5. The molecule has 0 spiro atoms. The molecule has 4 N–H and O–H groups in total. The molecule has 10 nitrogen and oxygen atoms in total. The van der Waals surface area contributed by atoms with E-state index in [0.717, 1.165) is 19.3 Å². The zero-order chi connectivity index (χ0) is 27.2. The fraction of sp³-hybridized carbons (Fsp3) is 0.792. The van der Waals surface area contributed by atoms with Gasteiger partial charge in [0.25, 0.3) is 5.91 Å². The zero-order valence-corrected chi connectivity index (χ0v) is 22.8. The van der Waals surface area contributed by atoms with Gasteiger partial charge in [-0.05, 0) is 31.6 Å². The van der Waals surface area contributed by atoms with Gasteiger partial charge in [-0.2, -0.15) is 0 Å². The zero-order valence-electron chi connectivity index (χ0n) is 21.3. The molecule has 36 heavy (non-hydrogen) atoms. The van der Waals surface area contributed by atoms with Crippen molar-refractivity contribution < 1.29 is 28.7 Å². The van der Waals surface area contributed by atoms with E-state index in [9.17, 15) is 24.0 Å². The highest BCUT2D eigenvalue weighted by molar-refractivity contribution is 6.51. The van der Waals surface area contributed by atoms with Crippen LogP contribution in [0.5, 0.6) is 0 Å². The largest absolute Gasteiger partial charge is 0.447 e. The second kappa shape index (κ2) is 10.4. The number of primary amides is 1. The molecule has 0 aromatic carbocycles. The maximum Gasteiger partial charge on any atom is 0.408 e. The molecule has 1 heterocycles. The maximum absolute atomic E-state index is 13.7. The molecular weight excluding hydrogens is 511 g/mol. The minimum absolute atomic E-state index is 0.110. The van der Waals surface area contributed by atoms with Crippen molar-refractivity contribution in [1.82, 2.24) is 15.5 Å². The number of fused-ring (bicyclic) bond motifs is 1. The number of piperidine rings is 1. The Hall–Kier alpha value is -2.07. The number of amides is 4. The van der Waals surface area contributed by atoms with Crippen LogP contribution in [-0.2, 0) is 23.9 Å². The van der Waals surface area contributed by atoms with Crippen LogP contribution in [0.4, 0.5) is 4.79 Å². The molecule has 0 aromatic rings. The van der Waals surface area contributed by atoms with Crippen LogP contribution in [-0.4, -0.2) is 69.6 Å². The number of hydrogen-bond acceptors (Lipinski definition) is 6. The van der Waals surface area contributed by atoms with Crippen molar-refractivity contribution >= 4 is 52.8 Å². The Morgan fingerprint density at radius 3 is 2.19 bits per heavy atom. The summed E-state index contributed by atoms with van der Waals surface area (Å²) in [7, 11) is 0. The van der Waals surface area contributed by atoms with Crippen molar-refractivity contribution in [1.29, 1.82) is 0 Å². The highest BCUT2D eigenvalue weighted by Gasteiger charge is 2.74. The molecule has 3 aliphatic rings. The predicted octanol–water partition coefficient (Wildman–Crippen LogP) is 1.90. The first-order valence-electron chi connectivity index (χ1n) is 12.3. The van der Waals surface area contributed by atoms with Crippen LogP contribution < -0.4 is 16.4 Å². The lowest BCUT2D eigenvalue weighted by molar-refractivity contribution is -0.144. The minimum atomic E-state index is -1.20. The molecular formula is C24H36Cl2N4O6. The molecule has 4 amide bonds. The van der Waals surface area contributed by atoms with E-state index in [-0.39, 0.29) is 24.5 Å². The molecule has 0 bridgehead atoms. The molecule has 3 fully saturated rings. The third-order valence-electron chi connectivity index (χ3n) is 7.27. The number of nitrogens with zero attached hydrogens (tertiary/aromatic N) is 1. The average Bonchev–Trinajstić information content (AvgIpc) is 3.06. The van der Waals surface area contributed by atoms with Crippen LogP contribution in [0.3, 0.4) is 0 Å². The monoisotopic (exact) mass is 546 g/mol. The highest BCUT2D eigenvalue weighted by Crippen LogP contribution is 2.65. The topological polar surface area (TPSA) is 148 Å². The summed E-state index contributed by atoms with van der Waals surface area (Å²) in [6.07, 6.45) is 1.97. The average molecular weight is 547 g/mol. The molecule has 0 radical (unpaired) electrons. The summed E-state index contributed by atoms with van der Waals surface area (Å²) in [5.74, 6) is -3.83. The van der Waals surface area contributed by atoms with E-state index in [1.807, 2.05) is 0 Å². The van der Waals surface area contributed by atoms with E-state index in [4.69, 9.17) is 33.7 Å². The van der Waals surface area contributed by atoms with Gasteiger partial charge < -0.3 is 26.0 Å². The summed E-state index contributed by atoms with van der Waals surface area (Å²) < 4.78 is 3.96. The van der Waals surface area contributed by atoms with Gasteiger partial charge in [0.15, 0.2) is 0 Å². The Labute approximate surface area is 221 Å². The number of nitrogens with one attached hydrogen (secondary N) is 2. The lowest BCUT2D eigenvalue weighted by Crippen LogP contribution is -2.60. The summed E-state index contributed by atoms with van der Waals surface area (Å²) in [6, 6.07) is -3.17. The Morgan fingerprint density at radius 2 is 1.72 bits per heavy atom. The van der Waals surface area contributed by atoms with E-state index < -0.39 is 63.4 Å². The molecule has 202 valence electrons. The minimum Gasteiger partial charge on any atom is -0.447 e. The SMILES string of the molecule is CC(C)OC(=O)NC(C(=O)N1C[C@H]2[C@@H]([C@H]1C(=O)N[C@H](CC1CCC1)C(=O)C(N)=O)C2(Cl)Cl)C(C)(C)C. The van der Waals surface area contributed by atoms with Crippen molar-refractivity contribution in [2.75, 3.05) is 6.54 Å². The van der Waals surface area contributed by atoms with Crippen molar-refractivity contribution in [3.63, 3.8) is 0 Å². The molecule has 12 heteroatoms. The lowest BCUT2D eigenvalue weighted by atomic mass is 9.80. The number of nitrogens with two attached hydrogens (primary N) is 1. The van der Waals surface area contributed by atoms with Crippen molar-refractivity contribution in [2.45, 2.75) is 88.9 Å². The number of Topliss-reactive ketones (excluding diaryl/α,β-unsaturated/α-hetero) is 1. The van der Waals surface area contributed by atoms with Gasteiger partial charge >= 0.3 is 6.09 Å². The van der Waals surface area contributed by atoms with E-state index in [1.165, 1.54) is 4.90 Å². The molecule has 1 aliphatic heterocycles. The summed E-state index contributed by atoms with van der Waals surface area (Å²) in [5, 5.41) is 5.28. The van der Waals surface area contributed by atoms with Gasteiger partial charge in [-0.3, -0.25) is 19.2 Å². The van der Waals surface area contributed by atoms with Gasteiger partial charge in [-0.1, -0.05) is 40.0 Å². The molecule has 2 saturated carbocycles. The second-order valence-corrected chi connectivity index (χ2v) is 12.9. The van der Waals surface area contributed by atoms with Gasteiger partial charge in [0, 0.05) is 18.4 Å². The molecule has 1 unspecified atom stereocenters. The molecule has 0 aromatic heterocycles. The number of ether oxygens (including phenoxy) is 1. The smallest absolute Gasteiger partial charge is 0.408 e. The van der Waals surface area contributed by atoms with Crippen LogP contribution in [0.2, 0.25) is 0 Å². The standard InChI is InChI=1S/C24H36Cl2N4O6/c1-11(2)36-22(35)29-18(23(3,4)5)21(34)30-10-13-15(24(13,25)26)16(30)20(33)28-14(17(31)19(27)32)9-12-7-6-8-12/h11-16,18H,6-10H2,1-5H3,(H2,27,32)(H,28,33)(H,29,35)/t13-,14+,15-,16-,18?/m0/s1. The molecule has 2 aliphatic carbocycles. The number of alkyl halides is 2. The first kappa shape index (κ1) is 28.5. The fourth-order valence-electron chi connectivity index (χ4n) is 5.04. The Balaban J connectivity index is 1.83. The Kier molecular flexibility index (Phi) is 8.20. The van der Waals surface area contributed by atoms with E-state index in [0.29, 0.717) is 6.42 Å². The Morgan fingerprint density at radius 1 is 1.11 bits per heavy atom. The van der Waals surface area contributed by atoms with Gasteiger partial charge in [0.2, 0.25) is 17.6 Å². The van der Waals surface area contributed by atoms with Crippen LogP contribution in [0.25, 0.3) is 0 Å². The second-order valence-electron chi connectivity index (χ2n) is 11.5. The number of alkyl carbamates (subject to hydrolysis) is 1. The fourth-order valence-corrected chi connectivity index (χ4v) is 5.86. The predicted molar refractivity (Wildman–Crippen MR) is 133 cm³/mol. The van der Waals surface area contributed by atoms with Crippen molar-refractivity contribution in [3.8, 4) is 0 Å². The third kappa shape index (κ3) is 5.90. The third-order valence-corrected chi connectivity index (χ3v) is 8.34. The summed E-state index contributed by atoms with van der Waals surface area (Å²) in [6.45, 7) is 8.84. The molecule has 5 atom stereocenters. The number of ketones is 1. The van der Waals surface area contributed by atoms with Crippen LogP contribution in [0.1, 0.15) is 60.3 Å². The molecule has 3 rings (SSSR count). The van der Waals surface area contributed by atoms with Crippen molar-refractivity contribution in [2.24, 2.45) is 28.9 Å². The first-order valence-corrected chi connectivity index (χ1v) is 13.1. The van der Waals surface area contributed by atoms with E-state index in [1.54, 1.807) is 34.6 Å². The number of likely N-dealkylation sites (tertiary alicyclic amines) is 1. The van der Waals surface area contributed by atoms with Gasteiger partial charge in [-0.25, -0.2) is 4.79 Å².